The summed E-state index contributed by atoms with van der Waals surface area (Å²) in [6.07, 6.45) is 3.88. The minimum absolute atomic E-state index is 0.0638. The van der Waals surface area contributed by atoms with Gasteiger partial charge in [-0.3, -0.25) is 4.79 Å². The summed E-state index contributed by atoms with van der Waals surface area (Å²) in [5.41, 5.74) is 3.25. The molecule has 1 aromatic carbocycles. The molecule has 2 aromatic rings. The molecule has 5 heteroatoms. The van der Waals surface area contributed by atoms with E-state index in [9.17, 15) is 4.79 Å². The first kappa shape index (κ1) is 25.4. The summed E-state index contributed by atoms with van der Waals surface area (Å²) in [6.45, 7) is 14.6. The molecule has 0 saturated heterocycles. The summed E-state index contributed by atoms with van der Waals surface area (Å²) in [6, 6.07) is 6.51. The van der Waals surface area contributed by atoms with Crippen LogP contribution in [0.1, 0.15) is 68.5 Å². The molecule has 0 bridgehead atoms. The summed E-state index contributed by atoms with van der Waals surface area (Å²) >= 11 is 5.97. The molecule has 1 heterocycles. The molecule has 1 atom stereocenters. The van der Waals surface area contributed by atoms with Crippen molar-refractivity contribution < 1.29 is 4.79 Å². The zero-order valence-corrected chi connectivity index (χ0v) is 18.9. The average Bonchev–Trinajstić information content (AvgIpc) is 3.01. The van der Waals surface area contributed by atoms with E-state index in [2.05, 4.69) is 37.1 Å². The van der Waals surface area contributed by atoms with Crippen LogP contribution in [0.25, 0.3) is 0 Å². The van der Waals surface area contributed by atoms with Gasteiger partial charge in [-0.05, 0) is 45.9 Å². The average molecular weight is 394 g/mol. The highest BCUT2D eigenvalue weighted by Gasteiger charge is 2.12. The number of ketones is 1. The standard InChI is InChI=1S/C10H13Cl.C10H17N3O.C2H6/c1-3-4-9-7-8(2)5-6-10(9)11;1-7(11-4)6-13-9(3)12-5-10(13)8(2)14;1-2/h5-7H,3-4H2,1-2H3;5,7,11H,6H2,1-4H3;1-2H3. The van der Waals surface area contributed by atoms with Gasteiger partial charge in [0.15, 0.2) is 5.78 Å². The maximum Gasteiger partial charge on any atom is 0.177 e. The Kier molecular flexibility index (Phi) is 12.7. The fourth-order valence-corrected chi connectivity index (χ4v) is 2.72. The molecule has 0 spiro atoms. The highest BCUT2D eigenvalue weighted by molar-refractivity contribution is 6.31. The molecular formula is C22H36ClN3O. The van der Waals surface area contributed by atoms with Crippen LogP contribution in [0.2, 0.25) is 5.02 Å². The Bertz CT molecular complexity index is 695. The van der Waals surface area contributed by atoms with E-state index in [0.29, 0.717) is 11.7 Å². The van der Waals surface area contributed by atoms with Crippen molar-refractivity contribution in [2.75, 3.05) is 7.05 Å². The lowest BCUT2D eigenvalue weighted by atomic mass is 10.1. The molecule has 0 saturated carbocycles. The van der Waals surface area contributed by atoms with E-state index in [-0.39, 0.29) is 5.78 Å². The van der Waals surface area contributed by atoms with Crippen molar-refractivity contribution in [2.24, 2.45) is 0 Å². The van der Waals surface area contributed by atoms with Gasteiger partial charge in [-0.2, -0.15) is 0 Å². The second-order valence-corrected chi connectivity index (χ2v) is 6.80. The van der Waals surface area contributed by atoms with Crippen LogP contribution in [-0.4, -0.2) is 28.4 Å². The molecule has 152 valence electrons. The third kappa shape index (κ3) is 8.72. The molecule has 1 aromatic heterocycles. The summed E-state index contributed by atoms with van der Waals surface area (Å²) in [5, 5.41) is 4.04. The number of Topliss-reactive ketones (excluding diaryl/α,β-unsaturated/α-hetero) is 1. The van der Waals surface area contributed by atoms with Crippen molar-refractivity contribution in [1.29, 1.82) is 0 Å². The molecule has 0 radical (unpaired) electrons. The molecule has 0 amide bonds. The van der Waals surface area contributed by atoms with Gasteiger partial charge in [-0.1, -0.05) is 56.5 Å². The summed E-state index contributed by atoms with van der Waals surface area (Å²) < 4.78 is 1.95. The number of hydrogen-bond donors (Lipinski definition) is 1. The van der Waals surface area contributed by atoms with Crippen LogP contribution in [0.3, 0.4) is 0 Å². The van der Waals surface area contributed by atoms with E-state index in [1.807, 2.05) is 44.5 Å². The van der Waals surface area contributed by atoms with Crippen molar-refractivity contribution in [1.82, 2.24) is 14.9 Å². The van der Waals surface area contributed by atoms with E-state index < -0.39 is 0 Å². The maximum absolute atomic E-state index is 11.3. The van der Waals surface area contributed by atoms with Crippen LogP contribution >= 0.6 is 11.6 Å². The molecule has 0 fully saturated rings. The van der Waals surface area contributed by atoms with Gasteiger partial charge in [0.25, 0.3) is 0 Å². The summed E-state index contributed by atoms with van der Waals surface area (Å²) in [7, 11) is 1.91. The van der Waals surface area contributed by atoms with E-state index >= 15 is 0 Å². The van der Waals surface area contributed by atoms with Crippen molar-refractivity contribution in [3.63, 3.8) is 0 Å². The Balaban J connectivity index is 0.000000469. The Hall–Kier alpha value is -1.65. The van der Waals surface area contributed by atoms with E-state index in [0.717, 1.165) is 30.2 Å². The van der Waals surface area contributed by atoms with E-state index in [4.69, 9.17) is 11.6 Å². The SMILES string of the molecule is CC.CCCc1cc(C)ccc1Cl.CNC(C)Cn1c(C(C)=O)cnc1C. The zero-order chi connectivity index (χ0) is 21.0. The van der Waals surface area contributed by atoms with Crippen LogP contribution in [0, 0.1) is 13.8 Å². The number of carbonyl (C=O) groups excluding carboxylic acids is 1. The predicted molar refractivity (Wildman–Crippen MR) is 117 cm³/mol. The number of nitrogens with zero attached hydrogens (tertiary/aromatic N) is 2. The number of rotatable bonds is 6. The Morgan fingerprint density at radius 3 is 2.44 bits per heavy atom. The van der Waals surface area contributed by atoms with Crippen LogP contribution in [0.5, 0.6) is 0 Å². The van der Waals surface area contributed by atoms with Gasteiger partial charge >= 0.3 is 0 Å². The van der Waals surface area contributed by atoms with Crippen LogP contribution in [0.15, 0.2) is 24.4 Å². The number of aryl methyl sites for hydroxylation is 3. The maximum atomic E-state index is 11.3. The molecule has 0 aliphatic rings. The number of halogens is 1. The third-order valence-corrected chi connectivity index (χ3v) is 4.45. The monoisotopic (exact) mass is 393 g/mol. The number of nitrogens with one attached hydrogen (secondary N) is 1. The van der Waals surface area contributed by atoms with Gasteiger partial charge < -0.3 is 9.88 Å². The lowest BCUT2D eigenvalue weighted by molar-refractivity contribution is 0.100. The number of benzene rings is 1. The topological polar surface area (TPSA) is 46.9 Å². The normalized spacial score (nSPS) is 11.0. The van der Waals surface area contributed by atoms with Crippen LogP contribution in [-0.2, 0) is 13.0 Å². The number of imidazole rings is 1. The predicted octanol–water partition coefficient (Wildman–Crippen LogP) is 5.63. The molecule has 1 unspecified atom stereocenters. The molecule has 0 aliphatic heterocycles. The van der Waals surface area contributed by atoms with Gasteiger partial charge in [-0.15, -0.1) is 0 Å². The quantitative estimate of drug-likeness (QED) is 0.647. The Morgan fingerprint density at radius 2 is 1.93 bits per heavy atom. The molecule has 1 N–H and O–H groups in total. The lowest BCUT2D eigenvalue weighted by Gasteiger charge is -2.14. The Morgan fingerprint density at radius 1 is 1.30 bits per heavy atom. The third-order valence-electron chi connectivity index (χ3n) is 4.09. The zero-order valence-electron chi connectivity index (χ0n) is 18.2. The molecule has 2 rings (SSSR count). The molecular weight excluding hydrogens is 358 g/mol. The molecule has 4 nitrogen and oxygen atoms in total. The fraction of sp³-hybridized carbons (Fsp3) is 0.545. The first-order chi connectivity index (χ1) is 12.8. The number of carbonyl (C=O) groups is 1. The van der Waals surface area contributed by atoms with Gasteiger partial charge in [0, 0.05) is 24.5 Å². The smallest absolute Gasteiger partial charge is 0.177 e. The second-order valence-electron chi connectivity index (χ2n) is 6.39. The molecule has 27 heavy (non-hydrogen) atoms. The van der Waals surface area contributed by atoms with E-state index in [1.165, 1.54) is 11.1 Å². The van der Waals surface area contributed by atoms with Crippen molar-refractivity contribution in [3.05, 3.63) is 52.1 Å². The molecule has 0 aliphatic carbocycles. The minimum atomic E-state index is 0.0638. The van der Waals surface area contributed by atoms with E-state index in [1.54, 1.807) is 13.1 Å². The number of hydrogen-bond acceptors (Lipinski definition) is 3. The summed E-state index contributed by atoms with van der Waals surface area (Å²) in [5.74, 6) is 0.950. The second kappa shape index (κ2) is 13.5. The number of likely N-dealkylation sites (N-methyl/N-ethyl adjacent to an activating group) is 1. The fourth-order valence-electron chi connectivity index (χ4n) is 2.51. The Labute approximate surface area is 170 Å². The summed E-state index contributed by atoms with van der Waals surface area (Å²) in [4.78, 5) is 15.4. The van der Waals surface area contributed by atoms with Gasteiger partial charge in [0.2, 0.25) is 0 Å². The van der Waals surface area contributed by atoms with Crippen molar-refractivity contribution in [3.8, 4) is 0 Å². The van der Waals surface area contributed by atoms with Gasteiger partial charge in [0.05, 0.1) is 6.20 Å². The van der Waals surface area contributed by atoms with Crippen LogP contribution < -0.4 is 5.32 Å². The number of aromatic nitrogens is 2. The first-order valence-electron chi connectivity index (χ1n) is 9.75. The highest BCUT2D eigenvalue weighted by Crippen LogP contribution is 2.18. The van der Waals surface area contributed by atoms with Gasteiger partial charge in [-0.25, -0.2) is 4.98 Å². The first-order valence-corrected chi connectivity index (χ1v) is 10.1. The van der Waals surface area contributed by atoms with Crippen molar-refractivity contribution >= 4 is 17.4 Å². The van der Waals surface area contributed by atoms with Gasteiger partial charge in [0.1, 0.15) is 11.5 Å². The van der Waals surface area contributed by atoms with Crippen LogP contribution in [0.4, 0.5) is 0 Å². The largest absolute Gasteiger partial charge is 0.324 e. The highest BCUT2D eigenvalue weighted by atomic mass is 35.5. The minimum Gasteiger partial charge on any atom is -0.324 e. The lowest BCUT2D eigenvalue weighted by Crippen LogP contribution is -2.28. The van der Waals surface area contributed by atoms with Crippen molar-refractivity contribution in [2.45, 2.75) is 73.9 Å².